The van der Waals surface area contributed by atoms with Crippen LogP contribution in [0, 0.1) is 11.8 Å². The van der Waals surface area contributed by atoms with Gasteiger partial charge in [-0.3, -0.25) is 4.79 Å². The molecule has 1 aliphatic heterocycles. The van der Waals surface area contributed by atoms with Crippen molar-refractivity contribution < 1.29 is 9.90 Å². The molecule has 2 rings (SSSR count). The van der Waals surface area contributed by atoms with Gasteiger partial charge in [0.05, 0.1) is 0 Å². The van der Waals surface area contributed by atoms with Gasteiger partial charge in [-0.05, 0) is 43.9 Å². The van der Waals surface area contributed by atoms with E-state index in [1.165, 1.54) is 6.42 Å². The SMILES string of the molecule is NC1CCCC(CC(=O)N2CCCC(CO)C2)C1. The van der Waals surface area contributed by atoms with E-state index >= 15 is 0 Å². The Morgan fingerprint density at radius 3 is 2.72 bits per heavy atom. The second-order valence-electron chi connectivity index (χ2n) is 6.03. The van der Waals surface area contributed by atoms with E-state index in [2.05, 4.69) is 0 Å². The number of piperidine rings is 1. The number of hydrogen-bond donors (Lipinski definition) is 2. The van der Waals surface area contributed by atoms with E-state index in [9.17, 15) is 9.90 Å². The smallest absolute Gasteiger partial charge is 0.222 e. The lowest BCUT2D eigenvalue weighted by atomic mass is 9.83. The van der Waals surface area contributed by atoms with Crippen molar-refractivity contribution in [2.24, 2.45) is 17.6 Å². The molecule has 2 aliphatic rings. The Morgan fingerprint density at radius 2 is 2.00 bits per heavy atom. The van der Waals surface area contributed by atoms with Crippen LogP contribution in [-0.2, 0) is 4.79 Å². The minimum absolute atomic E-state index is 0.206. The Labute approximate surface area is 110 Å². The minimum Gasteiger partial charge on any atom is -0.396 e. The zero-order valence-electron chi connectivity index (χ0n) is 11.2. The van der Waals surface area contributed by atoms with Gasteiger partial charge in [0.25, 0.3) is 0 Å². The standard InChI is InChI=1S/C14H26N2O2/c15-13-5-1-3-11(7-13)8-14(18)16-6-2-4-12(9-16)10-17/h11-13,17H,1-10,15H2. The molecular formula is C14H26N2O2. The maximum Gasteiger partial charge on any atom is 0.222 e. The van der Waals surface area contributed by atoms with Crippen molar-refractivity contribution in [1.82, 2.24) is 4.90 Å². The number of hydrogen-bond acceptors (Lipinski definition) is 3. The first-order valence-electron chi connectivity index (χ1n) is 7.33. The average Bonchev–Trinajstić information content (AvgIpc) is 2.39. The topological polar surface area (TPSA) is 66.6 Å². The van der Waals surface area contributed by atoms with Crippen LogP contribution in [0.25, 0.3) is 0 Å². The predicted molar refractivity (Wildman–Crippen MR) is 70.9 cm³/mol. The molecule has 0 spiro atoms. The van der Waals surface area contributed by atoms with Crippen LogP contribution in [0.1, 0.15) is 44.9 Å². The minimum atomic E-state index is 0.206. The molecule has 1 heterocycles. The van der Waals surface area contributed by atoms with Gasteiger partial charge in [0.1, 0.15) is 0 Å². The van der Waals surface area contributed by atoms with Gasteiger partial charge in [0.15, 0.2) is 0 Å². The van der Waals surface area contributed by atoms with E-state index in [0.717, 1.165) is 45.2 Å². The van der Waals surface area contributed by atoms with E-state index in [0.29, 0.717) is 18.4 Å². The number of carbonyl (C=O) groups is 1. The van der Waals surface area contributed by atoms with E-state index in [-0.39, 0.29) is 18.4 Å². The summed E-state index contributed by atoms with van der Waals surface area (Å²) < 4.78 is 0. The Balaban J connectivity index is 1.79. The monoisotopic (exact) mass is 254 g/mol. The lowest BCUT2D eigenvalue weighted by Gasteiger charge is -2.34. The first-order valence-corrected chi connectivity index (χ1v) is 7.33. The number of rotatable bonds is 3. The lowest BCUT2D eigenvalue weighted by Crippen LogP contribution is -2.42. The van der Waals surface area contributed by atoms with Gasteiger partial charge >= 0.3 is 0 Å². The van der Waals surface area contributed by atoms with Crippen LogP contribution in [0.5, 0.6) is 0 Å². The Hall–Kier alpha value is -0.610. The summed E-state index contributed by atoms with van der Waals surface area (Å²) in [5.74, 6) is 1.04. The van der Waals surface area contributed by atoms with Crippen molar-refractivity contribution in [2.45, 2.75) is 51.0 Å². The number of carbonyl (C=O) groups excluding carboxylic acids is 1. The molecule has 4 nitrogen and oxygen atoms in total. The maximum atomic E-state index is 12.2. The zero-order chi connectivity index (χ0) is 13.0. The quantitative estimate of drug-likeness (QED) is 0.793. The van der Waals surface area contributed by atoms with Crippen molar-refractivity contribution in [1.29, 1.82) is 0 Å². The molecule has 3 N–H and O–H groups in total. The molecule has 0 bridgehead atoms. The number of amides is 1. The summed E-state index contributed by atoms with van der Waals surface area (Å²) in [6, 6.07) is 0.295. The molecule has 104 valence electrons. The third-order valence-electron chi connectivity index (χ3n) is 4.42. The first-order chi connectivity index (χ1) is 8.69. The summed E-state index contributed by atoms with van der Waals surface area (Å²) in [5.41, 5.74) is 5.96. The summed E-state index contributed by atoms with van der Waals surface area (Å²) in [6.07, 6.45) is 7.17. The molecule has 1 aliphatic carbocycles. The van der Waals surface area contributed by atoms with E-state index < -0.39 is 0 Å². The van der Waals surface area contributed by atoms with Gasteiger partial charge in [0.2, 0.25) is 5.91 Å². The molecule has 3 unspecified atom stereocenters. The Kier molecular flexibility index (Phi) is 5.01. The van der Waals surface area contributed by atoms with Crippen LogP contribution in [0.2, 0.25) is 0 Å². The summed E-state index contributed by atoms with van der Waals surface area (Å²) in [5, 5.41) is 9.19. The molecule has 0 aromatic rings. The third kappa shape index (κ3) is 3.69. The molecule has 1 amide bonds. The second kappa shape index (κ2) is 6.53. The third-order valence-corrected chi connectivity index (χ3v) is 4.42. The van der Waals surface area contributed by atoms with Crippen LogP contribution < -0.4 is 5.73 Å². The fraction of sp³-hybridized carbons (Fsp3) is 0.929. The highest BCUT2D eigenvalue weighted by molar-refractivity contribution is 5.76. The fourth-order valence-electron chi connectivity index (χ4n) is 3.33. The number of aliphatic hydroxyl groups excluding tert-OH is 1. The largest absolute Gasteiger partial charge is 0.396 e. The molecule has 18 heavy (non-hydrogen) atoms. The first kappa shape index (κ1) is 13.8. The molecule has 1 saturated heterocycles. The van der Waals surface area contributed by atoms with Crippen LogP contribution in [0.4, 0.5) is 0 Å². The van der Waals surface area contributed by atoms with Crippen molar-refractivity contribution in [3.05, 3.63) is 0 Å². The zero-order valence-corrected chi connectivity index (χ0v) is 11.2. The normalized spacial score (nSPS) is 33.4. The molecule has 0 radical (unpaired) electrons. The summed E-state index contributed by atoms with van der Waals surface area (Å²) in [7, 11) is 0. The van der Waals surface area contributed by atoms with Gasteiger partial charge in [-0.15, -0.1) is 0 Å². The van der Waals surface area contributed by atoms with Crippen molar-refractivity contribution in [3.8, 4) is 0 Å². The second-order valence-corrected chi connectivity index (χ2v) is 6.03. The van der Waals surface area contributed by atoms with Gasteiger partial charge in [-0.2, -0.15) is 0 Å². The Bertz CT molecular complexity index is 283. The predicted octanol–water partition coefficient (Wildman–Crippen LogP) is 1.12. The van der Waals surface area contributed by atoms with E-state index in [1.807, 2.05) is 4.90 Å². The molecular weight excluding hydrogens is 228 g/mol. The maximum absolute atomic E-state index is 12.2. The molecule has 2 fully saturated rings. The fourth-order valence-corrected chi connectivity index (χ4v) is 3.33. The highest BCUT2D eigenvalue weighted by Crippen LogP contribution is 2.27. The highest BCUT2D eigenvalue weighted by Gasteiger charge is 2.27. The lowest BCUT2D eigenvalue weighted by molar-refractivity contribution is -0.134. The van der Waals surface area contributed by atoms with E-state index in [1.54, 1.807) is 0 Å². The molecule has 0 aromatic heterocycles. The summed E-state index contributed by atoms with van der Waals surface area (Å²) in [4.78, 5) is 14.2. The Morgan fingerprint density at radius 1 is 1.22 bits per heavy atom. The number of nitrogens with two attached hydrogens (primary N) is 1. The van der Waals surface area contributed by atoms with Crippen molar-refractivity contribution in [2.75, 3.05) is 19.7 Å². The summed E-state index contributed by atoms with van der Waals surface area (Å²) >= 11 is 0. The molecule has 4 heteroatoms. The summed E-state index contributed by atoms with van der Waals surface area (Å²) in [6.45, 7) is 1.82. The highest BCUT2D eigenvalue weighted by atomic mass is 16.3. The number of nitrogens with zero attached hydrogens (tertiary/aromatic N) is 1. The van der Waals surface area contributed by atoms with Crippen LogP contribution in [-0.4, -0.2) is 41.7 Å². The van der Waals surface area contributed by atoms with Gasteiger partial charge in [0, 0.05) is 32.2 Å². The average molecular weight is 254 g/mol. The van der Waals surface area contributed by atoms with Crippen molar-refractivity contribution in [3.63, 3.8) is 0 Å². The van der Waals surface area contributed by atoms with Crippen LogP contribution >= 0.6 is 0 Å². The number of aliphatic hydroxyl groups is 1. The number of likely N-dealkylation sites (tertiary alicyclic amines) is 1. The molecule has 3 atom stereocenters. The van der Waals surface area contributed by atoms with Gasteiger partial charge in [-0.1, -0.05) is 6.42 Å². The van der Waals surface area contributed by atoms with Gasteiger partial charge < -0.3 is 15.7 Å². The van der Waals surface area contributed by atoms with E-state index in [4.69, 9.17) is 5.73 Å². The van der Waals surface area contributed by atoms with Gasteiger partial charge in [-0.25, -0.2) is 0 Å². The van der Waals surface area contributed by atoms with Crippen LogP contribution in [0.15, 0.2) is 0 Å². The molecule has 1 saturated carbocycles. The molecule has 0 aromatic carbocycles. The van der Waals surface area contributed by atoms with Crippen molar-refractivity contribution >= 4 is 5.91 Å². The van der Waals surface area contributed by atoms with Crippen LogP contribution in [0.3, 0.4) is 0 Å².